The fourth-order valence-corrected chi connectivity index (χ4v) is 1.35. The van der Waals surface area contributed by atoms with E-state index in [1.165, 1.54) is 0 Å². The Morgan fingerprint density at radius 3 is 2.89 bits per heavy atom. The van der Waals surface area contributed by atoms with Gasteiger partial charge in [0.25, 0.3) is 0 Å². The first-order valence-corrected chi connectivity index (χ1v) is 6.40. The van der Waals surface area contributed by atoms with Gasteiger partial charge in [-0.1, -0.05) is 13.3 Å². The largest absolute Gasteiger partial charge is 0.485 e. The second-order valence-electron chi connectivity index (χ2n) is 4.27. The van der Waals surface area contributed by atoms with E-state index in [1.54, 1.807) is 13.3 Å². The number of nitrogens with one attached hydrogen (secondary N) is 1. The van der Waals surface area contributed by atoms with E-state index < -0.39 is 0 Å². The van der Waals surface area contributed by atoms with Gasteiger partial charge in [0.2, 0.25) is 0 Å². The highest BCUT2D eigenvalue weighted by Crippen LogP contribution is 2.21. The Balaban J connectivity index is 2.63. The van der Waals surface area contributed by atoms with Crippen molar-refractivity contribution in [2.24, 2.45) is 0 Å². The van der Waals surface area contributed by atoms with Crippen molar-refractivity contribution in [3.8, 4) is 5.75 Å². The van der Waals surface area contributed by atoms with Crippen molar-refractivity contribution in [1.29, 1.82) is 0 Å². The van der Waals surface area contributed by atoms with E-state index in [9.17, 15) is 0 Å². The van der Waals surface area contributed by atoms with Crippen molar-refractivity contribution in [1.82, 2.24) is 9.97 Å². The standard InChI is InChI=1S/C13H23N3O2/c1-5-6-7-14-13-12(8-15-11(3)16-13)18-9-10(2)17-4/h8,10H,5-7,9H2,1-4H3,(H,14,15,16). The second-order valence-corrected chi connectivity index (χ2v) is 4.27. The van der Waals surface area contributed by atoms with Gasteiger partial charge >= 0.3 is 0 Å². The van der Waals surface area contributed by atoms with Crippen LogP contribution in [0.25, 0.3) is 0 Å². The Morgan fingerprint density at radius 2 is 2.22 bits per heavy atom. The van der Waals surface area contributed by atoms with E-state index in [-0.39, 0.29) is 6.10 Å². The fraction of sp³-hybridized carbons (Fsp3) is 0.692. The summed E-state index contributed by atoms with van der Waals surface area (Å²) in [6.45, 7) is 7.37. The summed E-state index contributed by atoms with van der Waals surface area (Å²) < 4.78 is 10.8. The summed E-state index contributed by atoms with van der Waals surface area (Å²) in [5.74, 6) is 2.18. The molecular formula is C13H23N3O2. The van der Waals surface area contributed by atoms with Gasteiger partial charge in [0.1, 0.15) is 12.4 Å². The van der Waals surface area contributed by atoms with Gasteiger partial charge < -0.3 is 14.8 Å². The van der Waals surface area contributed by atoms with E-state index in [1.807, 2.05) is 13.8 Å². The van der Waals surface area contributed by atoms with E-state index in [4.69, 9.17) is 9.47 Å². The highest BCUT2D eigenvalue weighted by atomic mass is 16.5. The number of anilines is 1. The quantitative estimate of drug-likeness (QED) is 0.721. The van der Waals surface area contributed by atoms with Crippen LogP contribution in [0.3, 0.4) is 0 Å². The van der Waals surface area contributed by atoms with Crippen LogP contribution >= 0.6 is 0 Å². The molecule has 0 aromatic carbocycles. The molecule has 1 atom stereocenters. The predicted molar refractivity (Wildman–Crippen MR) is 72.1 cm³/mol. The number of rotatable bonds is 8. The maximum absolute atomic E-state index is 5.66. The van der Waals surface area contributed by atoms with Crippen LogP contribution in [0.15, 0.2) is 6.20 Å². The molecular weight excluding hydrogens is 230 g/mol. The molecule has 0 fully saturated rings. The summed E-state index contributed by atoms with van der Waals surface area (Å²) in [5.41, 5.74) is 0. The molecule has 1 aromatic heterocycles. The Bertz CT molecular complexity index is 358. The monoisotopic (exact) mass is 253 g/mol. The molecule has 102 valence electrons. The molecule has 0 bridgehead atoms. The number of nitrogens with zero attached hydrogens (tertiary/aromatic N) is 2. The molecule has 1 N–H and O–H groups in total. The third-order valence-electron chi connectivity index (χ3n) is 2.57. The number of aryl methyl sites for hydroxylation is 1. The van der Waals surface area contributed by atoms with Crippen LogP contribution in [0.1, 0.15) is 32.5 Å². The second kappa shape index (κ2) is 7.87. The third kappa shape index (κ3) is 4.87. The van der Waals surface area contributed by atoms with Crippen LogP contribution in [-0.4, -0.2) is 36.3 Å². The zero-order valence-electron chi connectivity index (χ0n) is 11.7. The zero-order valence-corrected chi connectivity index (χ0v) is 11.7. The van der Waals surface area contributed by atoms with Crippen molar-refractivity contribution < 1.29 is 9.47 Å². The highest BCUT2D eigenvalue weighted by molar-refractivity contribution is 5.48. The molecule has 5 heteroatoms. The molecule has 0 spiro atoms. The van der Waals surface area contributed by atoms with Gasteiger partial charge in [-0.3, -0.25) is 0 Å². The molecule has 0 radical (unpaired) electrons. The summed E-state index contributed by atoms with van der Waals surface area (Å²) in [6, 6.07) is 0. The van der Waals surface area contributed by atoms with Crippen LogP contribution in [0, 0.1) is 6.92 Å². The Kier molecular flexibility index (Phi) is 6.43. The minimum atomic E-state index is 0.0507. The lowest BCUT2D eigenvalue weighted by atomic mass is 10.3. The van der Waals surface area contributed by atoms with E-state index >= 15 is 0 Å². The summed E-state index contributed by atoms with van der Waals surface area (Å²) in [6.07, 6.45) is 4.01. The van der Waals surface area contributed by atoms with Crippen LogP contribution in [0.4, 0.5) is 5.82 Å². The van der Waals surface area contributed by atoms with Gasteiger partial charge in [-0.05, 0) is 20.3 Å². The fourth-order valence-electron chi connectivity index (χ4n) is 1.35. The topological polar surface area (TPSA) is 56.3 Å². The van der Waals surface area contributed by atoms with Gasteiger partial charge in [-0.25, -0.2) is 9.97 Å². The molecule has 0 aliphatic heterocycles. The van der Waals surface area contributed by atoms with Gasteiger partial charge in [0.15, 0.2) is 11.6 Å². The lowest BCUT2D eigenvalue weighted by Gasteiger charge is -2.14. The SMILES string of the molecule is CCCCNc1nc(C)ncc1OCC(C)OC. The van der Waals surface area contributed by atoms with Crippen LogP contribution in [0.2, 0.25) is 0 Å². The van der Waals surface area contributed by atoms with Crippen molar-refractivity contribution in [3.63, 3.8) is 0 Å². The number of hydrogen-bond donors (Lipinski definition) is 1. The highest BCUT2D eigenvalue weighted by Gasteiger charge is 2.08. The molecule has 0 saturated carbocycles. The third-order valence-corrected chi connectivity index (χ3v) is 2.57. The maximum atomic E-state index is 5.66. The molecule has 0 aliphatic rings. The molecule has 0 saturated heterocycles. The number of hydrogen-bond acceptors (Lipinski definition) is 5. The number of unbranched alkanes of at least 4 members (excludes halogenated alkanes) is 1. The van der Waals surface area contributed by atoms with Crippen LogP contribution in [0.5, 0.6) is 5.75 Å². The van der Waals surface area contributed by atoms with Gasteiger partial charge in [-0.15, -0.1) is 0 Å². The van der Waals surface area contributed by atoms with Crippen molar-refractivity contribution in [2.75, 3.05) is 25.6 Å². The lowest BCUT2D eigenvalue weighted by molar-refractivity contribution is 0.0716. The molecule has 1 unspecified atom stereocenters. The van der Waals surface area contributed by atoms with E-state index in [0.717, 1.165) is 31.0 Å². The summed E-state index contributed by atoms with van der Waals surface area (Å²) in [7, 11) is 1.67. The normalized spacial score (nSPS) is 12.2. The summed E-state index contributed by atoms with van der Waals surface area (Å²) in [4.78, 5) is 8.52. The minimum Gasteiger partial charge on any atom is -0.485 e. The zero-order chi connectivity index (χ0) is 13.4. The van der Waals surface area contributed by atoms with Gasteiger partial charge in [-0.2, -0.15) is 0 Å². The van der Waals surface area contributed by atoms with Crippen LogP contribution in [-0.2, 0) is 4.74 Å². The predicted octanol–water partition coefficient (Wildman–Crippen LogP) is 2.41. The first-order valence-electron chi connectivity index (χ1n) is 6.40. The van der Waals surface area contributed by atoms with Crippen molar-refractivity contribution in [3.05, 3.63) is 12.0 Å². The van der Waals surface area contributed by atoms with Crippen molar-refractivity contribution >= 4 is 5.82 Å². The first kappa shape index (κ1) is 14.7. The molecule has 0 aliphatic carbocycles. The van der Waals surface area contributed by atoms with E-state index in [2.05, 4.69) is 22.2 Å². The Hall–Kier alpha value is -1.36. The van der Waals surface area contributed by atoms with Crippen molar-refractivity contribution in [2.45, 2.75) is 39.7 Å². The first-order chi connectivity index (χ1) is 8.67. The number of methoxy groups -OCH3 is 1. The molecule has 1 aromatic rings. The van der Waals surface area contributed by atoms with Crippen LogP contribution < -0.4 is 10.1 Å². The molecule has 1 heterocycles. The van der Waals surface area contributed by atoms with Gasteiger partial charge in [0, 0.05) is 13.7 Å². The average Bonchev–Trinajstić information content (AvgIpc) is 2.37. The summed E-state index contributed by atoms with van der Waals surface area (Å²) in [5, 5.41) is 3.28. The molecule has 1 rings (SSSR count). The number of aromatic nitrogens is 2. The minimum absolute atomic E-state index is 0.0507. The maximum Gasteiger partial charge on any atom is 0.179 e. The lowest BCUT2D eigenvalue weighted by Crippen LogP contribution is -2.17. The molecule has 18 heavy (non-hydrogen) atoms. The van der Waals surface area contributed by atoms with Gasteiger partial charge in [0.05, 0.1) is 12.3 Å². The smallest absolute Gasteiger partial charge is 0.179 e. The average molecular weight is 253 g/mol. The Labute approximate surface area is 109 Å². The molecule has 0 amide bonds. The number of ether oxygens (including phenoxy) is 2. The van der Waals surface area contributed by atoms with E-state index in [0.29, 0.717) is 12.4 Å². The molecule has 5 nitrogen and oxygen atoms in total. The Morgan fingerprint density at radius 1 is 1.44 bits per heavy atom. The summed E-state index contributed by atoms with van der Waals surface area (Å²) >= 11 is 0.